The number of carbonyl (C=O) groups is 1. The van der Waals surface area contributed by atoms with Crippen LogP contribution in [0.15, 0.2) is 53.1 Å². The maximum Gasteiger partial charge on any atom is 0.257 e. The van der Waals surface area contributed by atoms with Crippen molar-refractivity contribution in [1.82, 2.24) is 15.5 Å². The van der Waals surface area contributed by atoms with Crippen molar-refractivity contribution in [2.45, 2.75) is 20.4 Å². The van der Waals surface area contributed by atoms with Gasteiger partial charge in [0.2, 0.25) is 0 Å². The highest BCUT2D eigenvalue weighted by Crippen LogP contribution is 2.19. The molecule has 0 bridgehead atoms. The van der Waals surface area contributed by atoms with E-state index in [1.54, 1.807) is 18.2 Å². The highest BCUT2D eigenvalue weighted by molar-refractivity contribution is 5.96. The molecule has 3 rings (SSSR count). The van der Waals surface area contributed by atoms with E-state index in [2.05, 4.69) is 15.5 Å². The van der Waals surface area contributed by atoms with Crippen LogP contribution in [0.3, 0.4) is 0 Å². The fourth-order valence-corrected chi connectivity index (χ4v) is 2.41. The molecule has 0 unspecified atom stereocenters. The molecule has 0 aliphatic heterocycles. The maximum absolute atomic E-state index is 12.4. The molecule has 0 saturated heterocycles. The molecular formula is C19H19N3O3. The largest absolute Gasteiger partial charge is 0.493 e. The molecular weight excluding hydrogens is 318 g/mol. The zero-order valence-corrected chi connectivity index (χ0v) is 14.2. The van der Waals surface area contributed by atoms with Crippen molar-refractivity contribution in [3.63, 3.8) is 0 Å². The third-order valence-corrected chi connectivity index (χ3v) is 3.57. The fourth-order valence-electron chi connectivity index (χ4n) is 2.41. The molecule has 1 aromatic heterocycles. The Kier molecular flexibility index (Phi) is 5.09. The molecule has 0 aliphatic rings. The predicted molar refractivity (Wildman–Crippen MR) is 93.3 cm³/mol. The Bertz CT molecular complexity index is 874. The van der Waals surface area contributed by atoms with Gasteiger partial charge in [-0.15, -0.1) is 0 Å². The smallest absolute Gasteiger partial charge is 0.257 e. The number of nitrogens with one attached hydrogen (secondary N) is 1. The van der Waals surface area contributed by atoms with Crippen molar-refractivity contribution in [3.05, 3.63) is 65.5 Å². The zero-order valence-electron chi connectivity index (χ0n) is 14.2. The first kappa shape index (κ1) is 16.7. The van der Waals surface area contributed by atoms with Crippen LogP contribution in [-0.2, 0) is 6.54 Å². The molecule has 0 atom stereocenters. The average molecular weight is 337 g/mol. The highest BCUT2D eigenvalue weighted by atomic mass is 16.5. The van der Waals surface area contributed by atoms with Crippen LogP contribution in [-0.4, -0.2) is 22.7 Å². The number of aryl methyl sites for hydroxylation is 1. The Morgan fingerprint density at radius 1 is 1.20 bits per heavy atom. The van der Waals surface area contributed by atoms with Gasteiger partial charge in [0.25, 0.3) is 11.8 Å². The van der Waals surface area contributed by atoms with E-state index >= 15 is 0 Å². The van der Waals surface area contributed by atoms with Crippen LogP contribution < -0.4 is 10.1 Å². The third-order valence-electron chi connectivity index (χ3n) is 3.57. The van der Waals surface area contributed by atoms with Crippen LogP contribution in [0, 0.1) is 6.92 Å². The summed E-state index contributed by atoms with van der Waals surface area (Å²) < 4.78 is 10.7. The molecule has 128 valence electrons. The standard InChI is InChI=1S/C19H19N3O3/c1-3-24-16-10-5-4-9-15(16)18(23)20-12-17-21-19(25-22-17)14-8-6-7-13(2)11-14/h4-11H,3,12H2,1-2H3,(H,20,23). The first-order valence-electron chi connectivity index (χ1n) is 8.07. The molecule has 2 aromatic carbocycles. The molecule has 0 spiro atoms. The number of aromatic nitrogens is 2. The number of amides is 1. The Hall–Kier alpha value is -3.15. The Labute approximate surface area is 145 Å². The molecule has 6 nitrogen and oxygen atoms in total. The van der Waals surface area contributed by atoms with Gasteiger partial charge in [0.15, 0.2) is 5.82 Å². The van der Waals surface area contributed by atoms with Crippen LogP contribution in [0.5, 0.6) is 5.75 Å². The van der Waals surface area contributed by atoms with Crippen LogP contribution in [0.25, 0.3) is 11.5 Å². The number of hydrogen-bond acceptors (Lipinski definition) is 5. The number of carbonyl (C=O) groups excluding carboxylic acids is 1. The zero-order chi connectivity index (χ0) is 17.6. The highest BCUT2D eigenvalue weighted by Gasteiger charge is 2.14. The Balaban J connectivity index is 1.67. The fraction of sp³-hybridized carbons (Fsp3) is 0.211. The summed E-state index contributed by atoms with van der Waals surface area (Å²) in [4.78, 5) is 16.7. The monoisotopic (exact) mass is 337 g/mol. The molecule has 25 heavy (non-hydrogen) atoms. The first-order chi connectivity index (χ1) is 12.2. The number of benzene rings is 2. The van der Waals surface area contributed by atoms with Crippen LogP contribution in [0.4, 0.5) is 0 Å². The molecule has 0 aliphatic carbocycles. The van der Waals surface area contributed by atoms with E-state index in [0.717, 1.165) is 11.1 Å². The number of nitrogens with zero attached hydrogens (tertiary/aromatic N) is 2. The number of ether oxygens (including phenoxy) is 1. The van der Waals surface area contributed by atoms with Crippen LogP contribution in [0.1, 0.15) is 28.7 Å². The van der Waals surface area contributed by atoms with Gasteiger partial charge in [0, 0.05) is 5.56 Å². The minimum absolute atomic E-state index is 0.175. The molecule has 0 fully saturated rings. The summed E-state index contributed by atoms with van der Waals surface area (Å²) in [6.07, 6.45) is 0. The van der Waals surface area contributed by atoms with E-state index in [1.165, 1.54) is 0 Å². The molecule has 1 heterocycles. The summed E-state index contributed by atoms with van der Waals surface area (Å²) in [5.74, 6) is 1.16. The molecule has 0 saturated carbocycles. The summed E-state index contributed by atoms with van der Waals surface area (Å²) in [6.45, 7) is 4.54. The van der Waals surface area contributed by atoms with Crippen LogP contribution in [0.2, 0.25) is 0 Å². The maximum atomic E-state index is 12.4. The van der Waals surface area contributed by atoms with E-state index < -0.39 is 0 Å². The SMILES string of the molecule is CCOc1ccccc1C(=O)NCc1noc(-c2cccc(C)c2)n1. The molecule has 1 amide bonds. The predicted octanol–water partition coefficient (Wildman–Crippen LogP) is 3.37. The van der Waals surface area contributed by atoms with Gasteiger partial charge in [0.1, 0.15) is 5.75 Å². The van der Waals surface area contributed by atoms with Gasteiger partial charge in [-0.2, -0.15) is 4.98 Å². The minimum atomic E-state index is -0.244. The van der Waals surface area contributed by atoms with E-state index in [4.69, 9.17) is 9.26 Å². The van der Waals surface area contributed by atoms with Gasteiger partial charge in [0.05, 0.1) is 18.7 Å². The van der Waals surface area contributed by atoms with Gasteiger partial charge in [-0.05, 0) is 38.1 Å². The molecule has 3 aromatic rings. The lowest BCUT2D eigenvalue weighted by atomic mass is 10.1. The first-order valence-corrected chi connectivity index (χ1v) is 8.07. The average Bonchev–Trinajstić information content (AvgIpc) is 3.09. The second kappa shape index (κ2) is 7.61. The van der Waals surface area contributed by atoms with Crippen molar-refractivity contribution in [2.75, 3.05) is 6.61 Å². The lowest BCUT2D eigenvalue weighted by Crippen LogP contribution is -2.24. The number of para-hydroxylation sites is 1. The summed E-state index contributed by atoms with van der Waals surface area (Å²) in [5.41, 5.74) is 2.44. The summed E-state index contributed by atoms with van der Waals surface area (Å²) in [6, 6.07) is 14.9. The van der Waals surface area contributed by atoms with Gasteiger partial charge in [-0.1, -0.05) is 35.0 Å². The van der Waals surface area contributed by atoms with Crippen molar-refractivity contribution >= 4 is 5.91 Å². The van der Waals surface area contributed by atoms with Crippen molar-refractivity contribution < 1.29 is 14.1 Å². The second-order valence-electron chi connectivity index (χ2n) is 5.50. The minimum Gasteiger partial charge on any atom is -0.493 e. The van der Waals surface area contributed by atoms with Crippen molar-refractivity contribution in [1.29, 1.82) is 0 Å². The van der Waals surface area contributed by atoms with Gasteiger partial charge >= 0.3 is 0 Å². The van der Waals surface area contributed by atoms with Crippen molar-refractivity contribution in [2.24, 2.45) is 0 Å². The molecule has 6 heteroatoms. The third kappa shape index (κ3) is 4.03. The van der Waals surface area contributed by atoms with E-state index in [1.807, 2.05) is 44.2 Å². The summed E-state index contributed by atoms with van der Waals surface area (Å²) >= 11 is 0. The topological polar surface area (TPSA) is 77.2 Å². The summed E-state index contributed by atoms with van der Waals surface area (Å²) in [5, 5.41) is 6.70. The molecule has 1 N–H and O–H groups in total. The van der Waals surface area contributed by atoms with Gasteiger partial charge < -0.3 is 14.6 Å². The van der Waals surface area contributed by atoms with Gasteiger partial charge in [-0.25, -0.2) is 0 Å². The molecule has 0 radical (unpaired) electrons. The lowest BCUT2D eigenvalue weighted by Gasteiger charge is -2.09. The number of rotatable bonds is 6. The summed E-state index contributed by atoms with van der Waals surface area (Å²) in [7, 11) is 0. The Morgan fingerprint density at radius 2 is 2.04 bits per heavy atom. The second-order valence-corrected chi connectivity index (χ2v) is 5.50. The van der Waals surface area contributed by atoms with Crippen LogP contribution >= 0.6 is 0 Å². The van der Waals surface area contributed by atoms with E-state index in [0.29, 0.717) is 29.6 Å². The number of hydrogen-bond donors (Lipinski definition) is 1. The quantitative estimate of drug-likeness (QED) is 0.746. The lowest BCUT2D eigenvalue weighted by molar-refractivity contribution is 0.0946. The van der Waals surface area contributed by atoms with Gasteiger partial charge in [-0.3, -0.25) is 4.79 Å². The van der Waals surface area contributed by atoms with Crippen molar-refractivity contribution in [3.8, 4) is 17.2 Å². The van der Waals surface area contributed by atoms with E-state index in [9.17, 15) is 4.79 Å². The van der Waals surface area contributed by atoms with E-state index in [-0.39, 0.29) is 12.5 Å². The normalized spacial score (nSPS) is 10.5. The Morgan fingerprint density at radius 3 is 2.84 bits per heavy atom.